The third-order valence-electron chi connectivity index (χ3n) is 7.19. The van der Waals surface area contributed by atoms with E-state index in [1.807, 2.05) is 59.2 Å². The average molecular weight is 492 g/mol. The van der Waals surface area contributed by atoms with Crippen LogP contribution < -0.4 is 5.73 Å². The van der Waals surface area contributed by atoms with Crippen LogP contribution in [0.3, 0.4) is 0 Å². The Kier molecular flexibility index (Phi) is 5.24. The Morgan fingerprint density at radius 3 is 1.95 bits per heavy atom. The number of hydrogen-bond acceptors (Lipinski definition) is 7. The van der Waals surface area contributed by atoms with Crippen LogP contribution in [0, 0.1) is 0 Å². The lowest BCUT2D eigenvalue weighted by Crippen LogP contribution is -2.37. The monoisotopic (exact) mass is 491 g/mol. The first-order valence-electron chi connectivity index (χ1n) is 12.3. The van der Waals surface area contributed by atoms with Gasteiger partial charge in [0.25, 0.3) is 0 Å². The van der Waals surface area contributed by atoms with Gasteiger partial charge in [0.1, 0.15) is 35.8 Å². The van der Waals surface area contributed by atoms with Crippen molar-refractivity contribution in [3.8, 4) is 0 Å². The van der Waals surface area contributed by atoms with Crippen LogP contribution in [0.15, 0.2) is 104 Å². The van der Waals surface area contributed by atoms with Crippen molar-refractivity contribution < 1.29 is 14.2 Å². The second kappa shape index (κ2) is 8.77. The van der Waals surface area contributed by atoms with Gasteiger partial charge in [-0.3, -0.25) is 4.57 Å². The number of rotatable bonds is 7. The van der Waals surface area contributed by atoms with E-state index in [0.29, 0.717) is 23.6 Å². The first-order chi connectivity index (χ1) is 18.3. The molecule has 0 bridgehead atoms. The van der Waals surface area contributed by atoms with Crippen LogP contribution in [-0.4, -0.2) is 44.4 Å². The van der Waals surface area contributed by atoms with Gasteiger partial charge in [-0.1, -0.05) is 91.0 Å². The Hall–Kier alpha value is -4.11. The van der Waals surface area contributed by atoms with E-state index >= 15 is 0 Å². The third-order valence-corrected chi connectivity index (χ3v) is 7.19. The van der Waals surface area contributed by atoms with E-state index in [1.165, 1.54) is 6.33 Å². The number of imidazole rings is 1. The minimum Gasteiger partial charge on any atom is -0.382 e. The van der Waals surface area contributed by atoms with E-state index < -0.39 is 5.60 Å². The molecule has 3 aromatic carbocycles. The van der Waals surface area contributed by atoms with Crippen molar-refractivity contribution in [3.63, 3.8) is 0 Å². The zero-order valence-corrected chi connectivity index (χ0v) is 19.9. The van der Waals surface area contributed by atoms with Gasteiger partial charge in [0.15, 0.2) is 17.7 Å². The Morgan fingerprint density at radius 2 is 1.35 bits per heavy atom. The fourth-order valence-electron chi connectivity index (χ4n) is 5.39. The first kappa shape index (κ1) is 22.1. The first-order valence-corrected chi connectivity index (χ1v) is 12.3. The number of benzene rings is 3. The number of epoxide rings is 1. The van der Waals surface area contributed by atoms with E-state index in [-0.39, 0.29) is 24.5 Å². The molecule has 2 aliphatic rings. The zero-order valence-electron chi connectivity index (χ0n) is 19.9. The predicted octanol–water partition coefficient (Wildman–Crippen LogP) is 4.08. The molecule has 2 aromatic heterocycles. The molecule has 4 heterocycles. The number of fused-ring (bicyclic) bond motifs is 2. The molecule has 8 nitrogen and oxygen atoms in total. The smallest absolute Gasteiger partial charge is 0.167 e. The second-order valence-electron chi connectivity index (χ2n) is 9.30. The van der Waals surface area contributed by atoms with Gasteiger partial charge >= 0.3 is 0 Å². The van der Waals surface area contributed by atoms with Crippen LogP contribution in [0.4, 0.5) is 5.82 Å². The minimum atomic E-state index is -0.820. The van der Waals surface area contributed by atoms with Crippen LogP contribution >= 0.6 is 0 Å². The highest BCUT2D eigenvalue weighted by molar-refractivity contribution is 5.81. The summed E-state index contributed by atoms with van der Waals surface area (Å²) in [4.78, 5) is 12.8. The van der Waals surface area contributed by atoms with Gasteiger partial charge < -0.3 is 19.9 Å². The Balaban J connectivity index is 1.23. The van der Waals surface area contributed by atoms with Crippen molar-refractivity contribution in [2.75, 3.05) is 12.3 Å². The van der Waals surface area contributed by atoms with Crippen LogP contribution in [0.1, 0.15) is 22.9 Å². The Labute approximate surface area is 213 Å². The molecule has 184 valence electrons. The summed E-state index contributed by atoms with van der Waals surface area (Å²) in [6, 6.07) is 30.9. The molecule has 0 saturated carbocycles. The van der Waals surface area contributed by atoms with Crippen molar-refractivity contribution in [1.29, 1.82) is 0 Å². The summed E-state index contributed by atoms with van der Waals surface area (Å²) < 4.78 is 21.4. The molecule has 0 spiro atoms. The van der Waals surface area contributed by atoms with Gasteiger partial charge in [-0.25, -0.2) is 15.0 Å². The predicted molar refractivity (Wildman–Crippen MR) is 137 cm³/mol. The molecular formula is C29H25N5O3. The van der Waals surface area contributed by atoms with Crippen LogP contribution in [0.5, 0.6) is 0 Å². The molecule has 5 aromatic rings. The summed E-state index contributed by atoms with van der Waals surface area (Å²) in [7, 11) is 0. The van der Waals surface area contributed by atoms with E-state index in [1.54, 1.807) is 6.33 Å². The van der Waals surface area contributed by atoms with Crippen molar-refractivity contribution in [1.82, 2.24) is 19.5 Å². The molecule has 2 saturated heterocycles. The van der Waals surface area contributed by atoms with Gasteiger partial charge in [-0.05, 0) is 16.7 Å². The summed E-state index contributed by atoms with van der Waals surface area (Å²) in [6.45, 7) is 0.333. The lowest BCUT2D eigenvalue weighted by molar-refractivity contribution is -0.115. The number of nitrogens with zero attached hydrogens (tertiary/aromatic N) is 4. The van der Waals surface area contributed by atoms with E-state index in [9.17, 15) is 0 Å². The van der Waals surface area contributed by atoms with Gasteiger partial charge in [0, 0.05) is 0 Å². The van der Waals surface area contributed by atoms with Crippen LogP contribution in [0.25, 0.3) is 11.2 Å². The van der Waals surface area contributed by atoms with E-state index in [2.05, 4.69) is 51.4 Å². The van der Waals surface area contributed by atoms with Crippen LogP contribution in [-0.2, 0) is 19.8 Å². The van der Waals surface area contributed by atoms with E-state index in [0.717, 1.165) is 16.7 Å². The standard InChI is InChI=1S/C29H25N5O3/c30-26-23-27(32-17-31-26)34(18-33-23)28-25-24(37-25)22(36-28)16-35-29(19-10-4-1-5-11-19,20-12-6-2-7-13-20)21-14-8-3-9-15-21/h1-15,17-18,22,24-25,28H,16H2,(H2,30,31,32)/t22-,24?,25?,28-/m1/s1. The van der Waals surface area contributed by atoms with Gasteiger partial charge in [-0.2, -0.15) is 0 Å². The number of aromatic nitrogens is 4. The van der Waals surface area contributed by atoms with Crippen molar-refractivity contribution in [2.45, 2.75) is 30.1 Å². The molecule has 8 heteroatoms. The average Bonchev–Trinajstić information content (AvgIpc) is 3.49. The highest BCUT2D eigenvalue weighted by Crippen LogP contribution is 2.47. The molecule has 2 aliphatic heterocycles. The summed E-state index contributed by atoms with van der Waals surface area (Å²) >= 11 is 0. The van der Waals surface area contributed by atoms with Crippen LogP contribution in [0.2, 0.25) is 0 Å². The molecule has 0 radical (unpaired) electrons. The third kappa shape index (κ3) is 3.61. The molecule has 2 unspecified atom stereocenters. The molecule has 0 aliphatic carbocycles. The zero-order chi connectivity index (χ0) is 24.8. The summed E-state index contributed by atoms with van der Waals surface area (Å²) in [5.74, 6) is 0.341. The summed E-state index contributed by atoms with van der Waals surface area (Å²) in [5, 5.41) is 0. The second-order valence-corrected chi connectivity index (χ2v) is 9.30. The number of anilines is 1. The van der Waals surface area contributed by atoms with Crippen molar-refractivity contribution in [3.05, 3.63) is 120 Å². The maximum Gasteiger partial charge on any atom is 0.167 e. The number of ether oxygens (including phenoxy) is 3. The normalized spacial score (nSPS) is 22.7. The number of nitrogens with two attached hydrogens (primary N) is 1. The highest BCUT2D eigenvalue weighted by Gasteiger charge is 2.59. The van der Waals surface area contributed by atoms with Gasteiger partial charge in [0.05, 0.1) is 12.9 Å². The Bertz CT molecular complexity index is 1430. The lowest BCUT2D eigenvalue weighted by Gasteiger charge is -2.37. The van der Waals surface area contributed by atoms with Crippen molar-refractivity contribution in [2.24, 2.45) is 0 Å². The topological polar surface area (TPSA) is 101 Å². The molecule has 2 fully saturated rings. The minimum absolute atomic E-state index is 0.0679. The molecule has 2 N–H and O–H groups in total. The maximum atomic E-state index is 6.97. The Morgan fingerprint density at radius 1 is 0.757 bits per heavy atom. The highest BCUT2D eigenvalue weighted by atomic mass is 16.7. The van der Waals surface area contributed by atoms with Gasteiger partial charge in [0.2, 0.25) is 0 Å². The molecule has 0 amide bonds. The molecule has 4 atom stereocenters. The SMILES string of the molecule is Nc1ncnc2c1ncn2[C@@H]1O[C@H](COC(c2ccccc2)(c2ccccc2)c2ccccc2)C2OC21. The van der Waals surface area contributed by atoms with Crippen molar-refractivity contribution >= 4 is 17.0 Å². The largest absolute Gasteiger partial charge is 0.382 e. The summed E-state index contributed by atoms with van der Waals surface area (Å²) in [5.41, 5.74) is 9.48. The summed E-state index contributed by atoms with van der Waals surface area (Å²) in [6.07, 6.45) is 2.33. The number of nitrogen functional groups attached to an aromatic ring is 1. The van der Waals surface area contributed by atoms with E-state index in [4.69, 9.17) is 19.9 Å². The molecule has 7 rings (SSSR count). The fraction of sp³-hybridized carbons (Fsp3) is 0.207. The number of hydrogen-bond donors (Lipinski definition) is 1. The molecular weight excluding hydrogens is 466 g/mol. The fourth-order valence-corrected chi connectivity index (χ4v) is 5.39. The maximum absolute atomic E-state index is 6.97. The lowest BCUT2D eigenvalue weighted by atomic mass is 9.80. The van der Waals surface area contributed by atoms with Gasteiger partial charge in [-0.15, -0.1) is 0 Å². The molecule has 37 heavy (non-hydrogen) atoms. The quantitative estimate of drug-likeness (QED) is 0.270.